The number of oxime groups is 1. The van der Waals surface area contributed by atoms with Crippen LogP contribution in [0, 0.1) is 6.92 Å². The van der Waals surface area contributed by atoms with E-state index in [4.69, 9.17) is 23.8 Å². The molecule has 5 atom stereocenters. The van der Waals surface area contributed by atoms with Crippen LogP contribution >= 0.6 is 0 Å². The molecular formula is C29H32F3N3O6. The number of hydrogen-bond donors (Lipinski definition) is 0. The van der Waals surface area contributed by atoms with E-state index >= 15 is 0 Å². The molecule has 0 bridgehead atoms. The summed E-state index contributed by atoms with van der Waals surface area (Å²) in [5, 5.41) is 4.15. The molecule has 3 aromatic rings. The van der Waals surface area contributed by atoms with E-state index in [1.54, 1.807) is 32.8 Å². The van der Waals surface area contributed by atoms with Crippen LogP contribution in [-0.4, -0.2) is 74.1 Å². The van der Waals surface area contributed by atoms with Crippen LogP contribution in [0.25, 0.3) is 22.5 Å². The van der Waals surface area contributed by atoms with Gasteiger partial charge in [0.2, 0.25) is 0 Å². The van der Waals surface area contributed by atoms with E-state index in [2.05, 4.69) is 19.9 Å². The van der Waals surface area contributed by atoms with Crippen molar-refractivity contribution in [2.75, 3.05) is 20.8 Å². The van der Waals surface area contributed by atoms with Crippen LogP contribution in [0.1, 0.15) is 25.0 Å². The van der Waals surface area contributed by atoms with Crippen LogP contribution in [-0.2, 0) is 23.8 Å². The normalized spacial score (nSPS) is 23.1. The first-order valence-corrected chi connectivity index (χ1v) is 12.9. The Labute approximate surface area is 236 Å². The minimum atomic E-state index is -4.74. The standard InChI is InChI=1S/C29H32F3N3O6/c1-6-38-25-24(36-4)18(3)39-28(26(25)37-5)41-35-16-21-8-7-20(13-17(21)2)27-33-14-22(15-34-27)19-9-11-23(12-10-19)40-29(30,31)32/h7-16,18,24-26,28H,6H2,1-5H3/b35-16+/t18-,24-,25+,26+,28?/m0/s1. The highest BCUT2D eigenvalue weighted by Crippen LogP contribution is 2.29. The lowest BCUT2D eigenvalue weighted by Gasteiger charge is -2.42. The molecule has 41 heavy (non-hydrogen) atoms. The zero-order valence-corrected chi connectivity index (χ0v) is 23.3. The molecule has 0 saturated carbocycles. The zero-order valence-electron chi connectivity index (χ0n) is 23.3. The van der Waals surface area contributed by atoms with Crippen molar-refractivity contribution in [3.8, 4) is 28.3 Å². The van der Waals surface area contributed by atoms with Gasteiger partial charge in [-0.3, -0.25) is 0 Å². The number of aromatic nitrogens is 2. The third kappa shape index (κ3) is 7.59. The van der Waals surface area contributed by atoms with Crippen LogP contribution in [0.2, 0.25) is 0 Å². The fourth-order valence-electron chi connectivity index (χ4n) is 4.60. The summed E-state index contributed by atoms with van der Waals surface area (Å²) in [6, 6.07) is 11.2. The van der Waals surface area contributed by atoms with Gasteiger partial charge in [-0.05, 0) is 55.7 Å². The Morgan fingerprint density at radius 3 is 2.17 bits per heavy atom. The predicted molar refractivity (Wildman–Crippen MR) is 144 cm³/mol. The van der Waals surface area contributed by atoms with Crippen molar-refractivity contribution in [3.63, 3.8) is 0 Å². The van der Waals surface area contributed by atoms with Crippen molar-refractivity contribution in [3.05, 3.63) is 66.0 Å². The number of nitrogens with zero attached hydrogens (tertiary/aromatic N) is 3. The van der Waals surface area contributed by atoms with Crippen molar-refractivity contribution < 1.29 is 41.7 Å². The molecular weight excluding hydrogens is 543 g/mol. The van der Waals surface area contributed by atoms with E-state index < -0.39 is 18.8 Å². The van der Waals surface area contributed by atoms with Gasteiger partial charge in [0.1, 0.15) is 18.0 Å². The SMILES string of the molecule is CCO[C@@H]1[C@@H](OC)[C@H](C)OC(O/N=C/c2ccc(-c3ncc(-c4ccc(OC(F)(F)F)cc4)cn3)cc2C)[C@@H]1OC. The number of rotatable bonds is 10. The summed E-state index contributed by atoms with van der Waals surface area (Å²) < 4.78 is 64.1. The van der Waals surface area contributed by atoms with Gasteiger partial charge in [-0.1, -0.05) is 29.4 Å². The monoisotopic (exact) mass is 575 g/mol. The molecule has 1 aliphatic heterocycles. The second kappa shape index (κ2) is 13.4. The van der Waals surface area contributed by atoms with Gasteiger partial charge < -0.3 is 28.5 Å². The van der Waals surface area contributed by atoms with Gasteiger partial charge in [0.15, 0.2) is 11.9 Å². The number of methoxy groups -OCH3 is 2. The number of hydrogen-bond acceptors (Lipinski definition) is 9. The Kier molecular flexibility index (Phi) is 9.92. The summed E-state index contributed by atoms with van der Waals surface area (Å²) >= 11 is 0. The molecule has 4 rings (SSSR count). The van der Waals surface area contributed by atoms with Crippen molar-refractivity contribution in [2.45, 2.75) is 57.8 Å². The van der Waals surface area contributed by atoms with Crippen molar-refractivity contribution in [1.29, 1.82) is 0 Å². The molecule has 1 aromatic heterocycles. The van der Waals surface area contributed by atoms with Gasteiger partial charge in [0, 0.05) is 44.3 Å². The highest BCUT2D eigenvalue weighted by molar-refractivity contribution is 5.82. The molecule has 12 heteroatoms. The highest BCUT2D eigenvalue weighted by atomic mass is 19.4. The summed E-state index contributed by atoms with van der Waals surface area (Å²) in [7, 11) is 3.16. The lowest BCUT2D eigenvalue weighted by atomic mass is 9.99. The van der Waals surface area contributed by atoms with Gasteiger partial charge in [-0.25, -0.2) is 9.97 Å². The first-order chi connectivity index (χ1) is 19.6. The number of benzene rings is 2. The molecule has 0 aliphatic carbocycles. The Morgan fingerprint density at radius 2 is 1.59 bits per heavy atom. The molecule has 0 N–H and O–H groups in total. The molecule has 2 aromatic carbocycles. The van der Waals surface area contributed by atoms with E-state index in [1.807, 2.05) is 39.0 Å². The second-order valence-corrected chi connectivity index (χ2v) is 9.31. The summed E-state index contributed by atoms with van der Waals surface area (Å²) in [5.41, 5.74) is 3.83. The minimum absolute atomic E-state index is 0.293. The fraction of sp³-hybridized carbons (Fsp3) is 0.414. The molecule has 220 valence electrons. The quantitative estimate of drug-likeness (QED) is 0.230. The largest absolute Gasteiger partial charge is 0.573 e. The van der Waals surface area contributed by atoms with Gasteiger partial charge in [-0.2, -0.15) is 0 Å². The maximum Gasteiger partial charge on any atom is 0.573 e. The smallest absolute Gasteiger partial charge is 0.406 e. The second-order valence-electron chi connectivity index (χ2n) is 9.31. The third-order valence-electron chi connectivity index (χ3n) is 6.59. The van der Waals surface area contributed by atoms with Crippen LogP contribution < -0.4 is 4.74 Å². The summed E-state index contributed by atoms with van der Waals surface area (Å²) in [5.74, 6) is 0.202. The van der Waals surface area contributed by atoms with Crippen molar-refractivity contribution in [1.82, 2.24) is 9.97 Å². The van der Waals surface area contributed by atoms with E-state index in [0.717, 1.165) is 16.7 Å². The lowest BCUT2D eigenvalue weighted by Crippen LogP contribution is -2.59. The number of ether oxygens (including phenoxy) is 5. The Balaban J connectivity index is 1.41. The van der Waals surface area contributed by atoms with Crippen LogP contribution in [0.15, 0.2) is 60.0 Å². The molecule has 0 spiro atoms. The first-order valence-electron chi connectivity index (χ1n) is 12.9. The Morgan fingerprint density at radius 1 is 0.927 bits per heavy atom. The van der Waals surface area contributed by atoms with E-state index in [-0.39, 0.29) is 24.1 Å². The number of halogens is 3. The van der Waals surface area contributed by atoms with Crippen LogP contribution in [0.4, 0.5) is 13.2 Å². The van der Waals surface area contributed by atoms with Gasteiger partial charge in [0.05, 0.1) is 12.3 Å². The highest BCUT2D eigenvalue weighted by Gasteiger charge is 2.47. The Bertz CT molecular complexity index is 1300. The molecule has 9 nitrogen and oxygen atoms in total. The first kappa shape index (κ1) is 30.4. The van der Waals surface area contributed by atoms with Crippen LogP contribution in [0.5, 0.6) is 5.75 Å². The maximum atomic E-state index is 12.4. The topological polar surface area (TPSA) is 93.5 Å². The molecule has 1 aliphatic rings. The summed E-state index contributed by atoms with van der Waals surface area (Å²) in [6.45, 7) is 6.19. The third-order valence-corrected chi connectivity index (χ3v) is 6.59. The Hall–Kier alpha value is -3.58. The average Bonchev–Trinajstić information content (AvgIpc) is 2.94. The molecule has 1 saturated heterocycles. The maximum absolute atomic E-state index is 12.4. The van der Waals surface area contributed by atoms with Crippen LogP contribution in [0.3, 0.4) is 0 Å². The van der Waals surface area contributed by atoms with Gasteiger partial charge in [0.25, 0.3) is 6.29 Å². The minimum Gasteiger partial charge on any atom is -0.406 e. The van der Waals surface area contributed by atoms with Crippen molar-refractivity contribution in [2.24, 2.45) is 5.16 Å². The molecule has 0 radical (unpaired) electrons. The van der Waals surface area contributed by atoms with E-state index in [1.165, 1.54) is 24.3 Å². The number of alkyl halides is 3. The van der Waals surface area contributed by atoms with Crippen molar-refractivity contribution >= 4 is 6.21 Å². The van der Waals surface area contributed by atoms with E-state index in [9.17, 15) is 13.2 Å². The lowest BCUT2D eigenvalue weighted by molar-refractivity contribution is -0.308. The zero-order chi connectivity index (χ0) is 29.6. The summed E-state index contributed by atoms with van der Waals surface area (Å²) in [4.78, 5) is 14.5. The molecule has 1 unspecified atom stereocenters. The fourth-order valence-corrected chi connectivity index (χ4v) is 4.60. The molecule has 0 amide bonds. The van der Waals surface area contributed by atoms with Gasteiger partial charge >= 0.3 is 6.36 Å². The summed E-state index contributed by atoms with van der Waals surface area (Å²) in [6.07, 6.45) is -2.23. The van der Waals surface area contributed by atoms with Gasteiger partial charge in [-0.15, -0.1) is 13.2 Å². The molecule has 1 fully saturated rings. The molecule has 2 heterocycles. The number of aryl methyl sites for hydroxylation is 1. The van der Waals surface area contributed by atoms with E-state index in [0.29, 0.717) is 23.6 Å². The average molecular weight is 576 g/mol. The predicted octanol–water partition coefficient (Wildman–Crippen LogP) is 5.55.